The molecule has 3 rings (SSSR count). The maximum atomic E-state index is 11.6. The molecule has 114 valence electrons. The van der Waals surface area contributed by atoms with E-state index in [-0.39, 0.29) is 14.9 Å². The van der Waals surface area contributed by atoms with E-state index in [4.69, 9.17) is 32.8 Å². The van der Waals surface area contributed by atoms with Crippen LogP contribution in [-0.4, -0.2) is 13.4 Å². The Kier molecular flexibility index (Phi) is 3.65. The summed E-state index contributed by atoms with van der Waals surface area (Å²) in [5, 5.41) is 5.40. The molecule has 0 spiro atoms. The Hall–Kier alpha value is -1.60. The van der Waals surface area contributed by atoms with Gasteiger partial charge >= 0.3 is 0 Å². The number of nitrogens with two attached hydrogens (primary N) is 1. The highest BCUT2D eigenvalue weighted by molar-refractivity contribution is 7.89. The highest BCUT2D eigenvalue weighted by Gasteiger charge is 2.19. The molecular weight excluding hydrogens is 347 g/mol. The summed E-state index contributed by atoms with van der Waals surface area (Å²) in [6, 6.07) is 8.03. The van der Waals surface area contributed by atoms with Gasteiger partial charge < -0.3 is 4.42 Å². The Bertz CT molecular complexity index is 997. The van der Waals surface area contributed by atoms with Gasteiger partial charge in [0.15, 0.2) is 11.5 Å². The highest BCUT2D eigenvalue weighted by Crippen LogP contribution is 2.36. The number of halogens is 2. The summed E-state index contributed by atoms with van der Waals surface area (Å²) < 4.78 is 28.7. The molecule has 0 saturated carbocycles. The summed E-state index contributed by atoms with van der Waals surface area (Å²) in [4.78, 5) is 3.99. The predicted octanol–water partition coefficient (Wildman–Crippen LogP) is 3.76. The number of hydrogen-bond donors (Lipinski definition) is 1. The van der Waals surface area contributed by atoms with Crippen LogP contribution in [0.2, 0.25) is 10.0 Å². The summed E-state index contributed by atoms with van der Waals surface area (Å²) in [6.07, 6.45) is 0. The Labute approximate surface area is 136 Å². The minimum absolute atomic E-state index is 0.0162. The molecule has 2 aromatic carbocycles. The highest BCUT2D eigenvalue weighted by atomic mass is 35.5. The van der Waals surface area contributed by atoms with E-state index in [1.54, 1.807) is 31.2 Å². The Morgan fingerprint density at radius 3 is 2.59 bits per heavy atom. The van der Waals surface area contributed by atoms with Crippen LogP contribution in [0.4, 0.5) is 0 Å². The zero-order valence-corrected chi connectivity index (χ0v) is 13.6. The van der Waals surface area contributed by atoms with Gasteiger partial charge in [-0.1, -0.05) is 29.3 Å². The standard InChI is InChI=1S/C14H10Cl2N2O3S/c1-7-18-11-3-2-8(4-12(11)21-7)10-5-9(15)6-13(14(10)16)22(17,19)20/h2-6H,1H3,(H2,17,19,20). The monoisotopic (exact) mass is 356 g/mol. The SMILES string of the molecule is Cc1nc2ccc(-c3cc(Cl)cc(S(N)(=O)=O)c3Cl)cc2o1. The van der Waals surface area contributed by atoms with Crippen LogP contribution in [0.15, 0.2) is 39.6 Å². The van der Waals surface area contributed by atoms with Gasteiger partial charge in [-0.15, -0.1) is 0 Å². The summed E-state index contributed by atoms with van der Waals surface area (Å²) in [7, 11) is -3.98. The smallest absolute Gasteiger partial charge is 0.239 e. The minimum atomic E-state index is -3.98. The molecule has 0 aliphatic carbocycles. The first kappa shape index (κ1) is 15.3. The first-order valence-electron chi connectivity index (χ1n) is 6.15. The molecule has 1 aromatic heterocycles. The number of aromatic nitrogens is 1. The third kappa shape index (κ3) is 2.70. The first-order valence-corrected chi connectivity index (χ1v) is 8.45. The van der Waals surface area contributed by atoms with Crippen molar-refractivity contribution in [2.75, 3.05) is 0 Å². The average Bonchev–Trinajstić information content (AvgIpc) is 2.78. The van der Waals surface area contributed by atoms with Crippen LogP contribution in [0.5, 0.6) is 0 Å². The topological polar surface area (TPSA) is 86.2 Å². The van der Waals surface area contributed by atoms with E-state index in [0.29, 0.717) is 28.1 Å². The Morgan fingerprint density at radius 1 is 1.18 bits per heavy atom. The van der Waals surface area contributed by atoms with Crippen molar-refractivity contribution in [2.45, 2.75) is 11.8 Å². The van der Waals surface area contributed by atoms with Gasteiger partial charge in [0.2, 0.25) is 10.0 Å². The molecule has 0 saturated heterocycles. The molecule has 0 radical (unpaired) electrons. The van der Waals surface area contributed by atoms with Crippen molar-refractivity contribution in [3.8, 4) is 11.1 Å². The van der Waals surface area contributed by atoms with Gasteiger partial charge in [-0.05, 0) is 29.8 Å². The number of aryl methyl sites for hydroxylation is 1. The van der Waals surface area contributed by atoms with Crippen LogP contribution >= 0.6 is 23.2 Å². The molecule has 0 atom stereocenters. The van der Waals surface area contributed by atoms with Crippen molar-refractivity contribution in [1.29, 1.82) is 0 Å². The number of nitrogens with zero attached hydrogens (tertiary/aromatic N) is 1. The predicted molar refractivity (Wildman–Crippen MR) is 85.6 cm³/mol. The molecule has 8 heteroatoms. The second-order valence-electron chi connectivity index (χ2n) is 4.73. The van der Waals surface area contributed by atoms with Crippen molar-refractivity contribution in [1.82, 2.24) is 4.98 Å². The molecule has 0 unspecified atom stereocenters. The largest absolute Gasteiger partial charge is 0.441 e. The molecule has 0 fully saturated rings. The number of fused-ring (bicyclic) bond motifs is 1. The molecule has 22 heavy (non-hydrogen) atoms. The lowest BCUT2D eigenvalue weighted by atomic mass is 10.1. The van der Waals surface area contributed by atoms with Crippen molar-refractivity contribution in [3.05, 3.63) is 46.3 Å². The van der Waals surface area contributed by atoms with E-state index in [1.807, 2.05) is 0 Å². The molecular formula is C14H10Cl2N2O3S. The number of oxazole rings is 1. The van der Waals surface area contributed by atoms with Gasteiger partial charge in [0.05, 0.1) is 5.02 Å². The lowest BCUT2D eigenvalue weighted by Gasteiger charge is -2.09. The van der Waals surface area contributed by atoms with Gasteiger partial charge in [-0.3, -0.25) is 0 Å². The number of benzene rings is 2. The minimum Gasteiger partial charge on any atom is -0.441 e. The van der Waals surface area contributed by atoms with Crippen molar-refractivity contribution in [3.63, 3.8) is 0 Å². The normalized spacial score (nSPS) is 12.0. The second kappa shape index (κ2) is 5.24. The maximum absolute atomic E-state index is 11.6. The van der Waals surface area contributed by atoms with Gasteiger partial charge in [-0.25, -0.2) is 18.5 Å². The molecule has 0 amide bonds. The van der Waals surface area contributed by atoms with Crippen LogP contribution in [0.3, 0.4) is 0 Å². The fourth-order valence-corrected chi connectivity index (χ4v) is 3.66. The fraction of sp³-hybridized carbons (Fsp3) is 0.0714. The van der Waals surface area contributed by atoms with E-state index >= 15 is 0 Å². The molecule has 0 aliphatic rings. The molecule has 3 aromatic rings. The van der Waals surface area contributed by atoms with Crippen molar-refractivity contribution < 1.29 is 12.8 Å². The average molecular weight is 357 g/mol. The van der Waals surface area contributed by atoms with E-state index in [1.165, 1.54) is 6.07 Å². The number of rotatable bonds is 2. The quantitative estimate of drug-likeness (QED) is 0.757. The van der Waals surface area contributed by atoms with E-state index in [9.17, 15) is 8.42 Å². The van der Waals surface area contributed by atoms with E-state index in [2.05, 4.69) is 4.98 Å². The van der Waals surface area contributed by atoms with Crippen LogP contribution in [0.1, 0.15) is 5.89 Å². The second-order valence-corrected chi connectivity index (χ2v) is 7.07. The zero-order chi connectivity index (χ0) is 16.1. The van der Waals surface area contributed by atoms with Crippen LogP contribution in [0.25, 0.3) is 22.2 Å². The number of primary sulfonamides is 1. The van der Waals surface area contributed by atoms with Crippen LogP contribution in [-0.2, 0) is 10.0 Å². The first-order chi connectivity index (χ1) is 10.3. The number of hydrogen-bond acceptors (Lipinski definition) is 4. The summed E-state index contributed by atoms with van der Waals surface area (Å²) >= 11 is 12.2. The molecule has 2 N–H and O–H groups in total. The van der Waals surface area contributed by atoms with Crippen molar-refractivity contribution >= 4 is 44.3 Å². The van der Waals surface area contributed by atoms with E-state index in [0.717, 1.165) is 0 Å². The third-order valence-electron chi connectivity index (χ3n) is 3.12. The summed E-state index contributed by atoms with van der Waals surface area (Å²) in [5.41, 5.74) is 2.38. The van der Waals surface area contributed by atoms with Gasteiger partial charge in [0.1, 0.15) is 10.4 Å². The zero-order valence-electron chi connectivity index (χ0n) is 11.3. The molecule has 5 nitrogen and oxygen atoms in total. The lowest BCUT2D eigenvalue weighted by molar-refractivity contribution is 0.561. The fourth-order valence-electron chi connectivity index (χ4n) is 2.19. The van der Waals surface area contributed by atoms with Gasteiger partial charge in [0.25, 0.3) is 0 Å². The lowest BCUT2D eigenvalue weighted by Crippen LogP contribution is -2.13. The maximum Gasteiger partial charge on any atom is 0.239 e. The Morgan fingerprint density at radius 2 is 1.91 bits per heavy atom. The number of sulfonamides is 1. The Balaban J connectivity index is 2.27. The summed E-state index contributed by atoms with van der Waals surface area (Å²) in [6.45, 7) is 1.74. The molecule has 0 bridgehead atoms. The third-order valence-corrected chi connectivity index (χ3v) is 4.79. The molecule has 0 aliphatic heterocycles. The van der Waals surface area contributed by atoms with Crippen LogP contribution < -0.4 is 5.14 Å². The van der Waals surface area contributed by atoms with Crippen molar-refractivity contribution in [2.24, 2.45) is 5.14 Å². The summed E-state index contributed by atoms with van der Waals surface area (Å²) in [5.74, 6) is 0.537. The van der Waals surface area contributed by atoms with Gasteiger partial charge in [0, 0.05) is 17.5 Å². The van der Waals surface area contributed by atoms with Crippen LogP contribution in [0, 0.1) is 6.92 Å². The van der Waals surface area contributed by atoms with E-state index < -0.39 is 10.0 Å². The molecule has 1 heterocycles. The van der Waals surface area contributed by atoms with Gasteiger partial charge in [-0.2, -0.15) is 0 Å².